The van der Waals surface area contributed by atoms with E-state index in [1.54, 1.807) is 12.1 Å². The first kappa shape index (κ1) is 28.1. The van der Waals surface area contributed by atoms with Crippen molar-refractivity contribution in [1.29, 1.82) is 0 Å². The van der Waals surface area contributed by atoms with Crippen LogP contribution in [0.1, 0.15) is 25.8 Å². The van der Waals surface area contributed by atoms with E-state index in [2.05, 4.69) is 36.1 Å². The zero-order valence-electron chi connectivity index (χ0n) is 19.9. The predicted octanol–water partition coefficient (Wildman–Crippen LogP) is 3.08. The smallest absolute Gasteiger partial charge is 0.253 e. The molecular weight excluding hydrogens is 513 g/mol. The van der Waals surface area contributed by atoms with Crippen molar-refractivity contribution in [3.05, 3.63) is 60.2 Å². The van der Waals surface area contributed by atoms with Crippen LogP contribution >= 0.6 is 23.2 Å². The number of ether oxygens (including phenoxy) is 2. The molecule has 0 radical (unpaired) electrons. The number of β-amino-alcohol motifs (C(OH)–C–C–N with tert-alkyl or cyclic N) is 1. The lowest BCUT2D eigenvalue weighted by molar-refractivity contribution is -0.0118. The Morgan fingerprint density at radius 2 is 1.94 bits per heavy atom. The maximum absolute atomic E-state index is 12.8. The third-order valence-corrected chi connectivity index (χ3v) is 7.92. The summed E-state index contributed by atoms with van der Waals surface area (Å²) in [4.78, 5) is 2.44. The Hall–Kier alpha value is -1.43. The van der Waals surface area contributed by atoms with Crippen LogP contribution in [0.4, 0.5) is 0 Å². The van der Waals surface area contributed by atoms with Crippen molar-refractivity contribution in [1.82, 2.24) is 15.2 Å². The van der Waals surface area contributed by atoms with Crippen molar-refractivity contribution < 1.29 is 23.0 Å². The fourth-order valence-corrected chi connectivity index (χ4v) is 5.13. The second-order valence-corrected chi connectivity index (χ2v) is 11.6. The molecule has 1 saturated heterocycles. The largest absolute Gasteiger partial charge is 0.491 e. The maximum Gasteiger partial charge on any atom is 0.253 e. The molecular formula is C24H33Cl2N3O5S. The molecule has 0 spiro atoms. The Bertz CT molecular complexity index is 1040. The molecule has 1 fully saturated rings. The lowest BCUT2D eigenvalue weighted by Crippen LogP contribution is -2.54. The van der Waals surface area contributed by atoms with Gasteiger partial charge in [0, 0.05) is 24.7 Å². The molecule has 3 rings (SSSR count). The van der Waals surface area contributed by atoms with E-state index in [1.807, 2.05) is 18.2 Å². The third kappa shape index (κ3) is 8.87. The second-order valence-electron chi connectivity index (χ2n) is 9.07. The normalized spacial score (nSPS) is 20.5. The highest BCUT2D eigenvalue weighted by atomic mass is 35.5. The number of nitrogens with zero attached hydrogens (tertiary/aromatic N) is 1. The van der Waals surface area contributed by atoms with Gasteiger partial charge in [-0.2, -0.15) is 0 Å². The Morgan fingerprint density at radius 3 is 2.69 bits per heavy atom. The number of hydrogen-bond acceptors (Lipinski definition) is 7. The summed E-state index contributed by atoms with van der Waals surface area (Å²) in [6.45, 7) is 5.05. The highest BCUT2D eigenvalue weighted by Crippen LogP contribution is 2.22. The molecule has 194 valence electrons. The maximum atomic E-state index is 12.8. The SMILES string of the molecule is CC(C)(CCc1ccccc1)NC[C@@H](O)COc1cccc(S(=O)(=O)NN2CCOC(Cl)C2Cl)c1. The van der Waals surface area contributed by atoms with Crippen molar-refractivity contribution in [2.45, 2.75) is 54.3 Å². The molecule has 3 atom stereocenters. The molecule has 11 heteroatoms. The minimum Gasteiger partial charge on any atom is -0.491 e. The van der Waals surface area contributed by atoms with Crippen molar-refractivity contribution in [2.75, 3.05) is 26.3 Å². The van der Waals surface area contributed by atoms with Gasteiger partial charge in [0.1, 0.15) is 24.0 Å². The van der Waals surface area contributed by atoms with Gasteiger partial charge in [0.15, 0.2) is 5.56 Å². The molecule has 2 aromatic rings. The molecule has 1 heterocycles. The number of aliphatic hydroxyl groups is 1. The van der Waals surface area contributed by atoms with Gasteiger partial charge in [0.25, 0.3) is 10.0 Å². The topological polar surface area (TPSA) is 100 Å². The average Bonchev–Trinajstić information content (AvgIpc) is 2.84. The summed E-state index contributed by atoms with van der Waals surface area (Å²) >= 11 is 12.1. The molecule has 8 nitrogen and oxygen atoms in total. The van der Waals surface area contributed by atoms with E-state index >= 15 is 0 Å². The minimum absolute atomic E-state index is 0.00569. The van der Waals surface area contributed by atoms with Crippen molar-refractivity contribution in [2.24, 2.45) is 0 Å². The van der Waals surface area contributed by atoms with Crippen LogP contribution in [0.3, 0.4) is 0 Å². The molecule has 3 N–H and O–H groups in total. The van der Waals surface area contributed by atoms with Crippen LogP contribution in [0.5, 0.6) is 5.75 Å². The lowest BCUT2D eigenvalue weighted by Gasteiger charge is -2.34. The number of aliphatic hydroxyl groups excluding tert-OH is 1. The van der Waals surface area contributed by atoms with E-state index in [0.717, 1.165) is 12.8 Å². The van der Waals surface area contributed by atoms with Crippen LogP contribution in [0.15, 0.2) is 59.5 Å². The van der Waals surface area contributed by atoms with Gasteiger partial charge in [-0.15, -0.1) is 4.83 Å². The van der Waals surface area contributed by atoms with Gasteiger partial charge in [-0.05, 0) is 44.4 Å². The van der Waals surface area contributed by atoms with E-state index in [4.69, 9.17) is 32.7 Å². The molecule has 0 amide bonds. The van der Waals surface area contributed by atoms with Crippen LogP contribution in [0, 0.1) is 0 Å². The number of hydrogen-bond donors (Lipinski definition) is 3. The first-order chi connectivity index (χ1) is 16.6. The Labute approximate surface area is 217 Å². The van der Waals surface area contributed by atoms with E-state index in [-0.39, 0.29) is 30.2 Å². The predicted molar refractivity (Wildman–Crippen MR) is 137 cm³/mol. The van der Waals surface area contributed by atoms with Crippen molar-refractivity contribution in [3.63, 3.8) is 0 Å². The van der Waals surface area contributed by atoms with E-state index in [9.17, 15) is 13.5 Å². The van der Waals surface area contributed by atoms with Crippen molar-refractivity contribution in [3.8, 4) is 5.75 Å². The quantitative estimate of drug-likeness (QED) is 0.278. The number of hydrazine groups is 1. The number of alkyl halides is 2. The van der Waals surface area contributed by atoms with Crippen LogP contribution in [-0.2, 0) is 21.2 Å². The van der Waals surface area contributed by atoms with Crippen LogP contribution < -0.4 is 14.9 Å². The van der Waals surface area contributed by atoms with Crippen molar-refractivity contribution >= 4 is 33.2 Å². The summed E-state index contributed by atoms with van der Waals surface area (Å²) in [5, 5.41) is 15.1. The van der Waals surface area contributed by atoms with E-state index in [0.29, 0.717) is 12.3 Å². The molecule has 0 aliphatic carbocycles. The molecule has 1 aliphatic rings. The highest BCUT2D eigenvalue weighted by molar-refractivity contribution is 7.89. The first-order valence-electron chi connectivity index (χ1n) is 11.4. The Kier molecular flexibility index (Phi) is 10.2. The monoisotopic (exact) mass is 545 g/mol. The molecule has 1 aliphatic heterocycles. The molecule has 2 aromatic carbocycles. The number of aryl methyl sites for hydroxylation is 1. The van der Waals surface area contributed by atoms with Crippen LogP contribution in [0.2, 0.25) is 0 Å². The summed E-state index contributed by atoms with van der Waals surface area (Å²) in [5.74, 6) is 0.329. The zero-order valence-corrected chi connectivity index (χ0v) is 22.2. The summed E-state index contributed by atoms with van der Waals surface area (Å²) in [7, 11) is -3.91. The number of sulfonamides is 1. The average molecular weight is 547 g/mol. The fourth-order valence-electron chi connectivity index (χ4n) is 3.48. The summed E-state index contributed by atoms with van der Waals surface area (Å²) in [6.07, 6.45) is 1.08. The summed E-state index contributed by atoms with van der Waals surface area (Å²) in [5.41, 5.74) is -0.577. The standard InChI is InChI=1S/C24H33Cl2N3O5S/c1-24(2,12-11-18-7-4-3-5-8-18)27-16-19(30)17-34-20-9-6-10-21(15-20)35(31,32)28-29-13-14-33-23(26)22(29)25/h3-10,15,19,22-23,27-28,30H,11-14,16-17H2,1-2H3/t19-,22?,23?/m1/s1. The van der Waals surface area contributed by atoms with E-state index < -0.39 is 27.2 Å². The molecule has 2 unspecified atom stereocenters. The first-order valence-corrected chi connectivity index (χ1v) is 13.8. The van der Waals surface area contributed by atoms with Gasteiger partial charge in [0.05, 0.1) is 11.5 Å². The summed E-state index contributed by atoms with van der Waals surface area (Å²) in [6, 6.07) is 16.3. The lowest BCUT2D eigenvalue weighted by atomic mass is 9.95. The van der Waals surface area contributed by atoms with Gasteiger partial charge < -0.3 is 19.9 Å². The molecule has 35 heavy (non-hydrogen) atoms. The van der Waals surface area contributed by atoms with Gasteiger partial charge in [-0.25, -0.2) is 13.4 Å². The zero-order chi connectivity index (χ0) is 25.5. The van der Waals surface area contributed by atoms with E-state index in [1.165, 1.54) is 22.7 Å². The molecule has 0 bridgehead atoms. The number of halogens is 2. The number of nitrogens with one attached hydrogen (secondary N) is 2. The number of benzene rings is 2. The van der Waals surface area contributed by atoms with Gasteiger partial charge in [-0.3, -0.25) is 0 Å². The highest BCUT2D eigenvalue weighted by Gasteiger charge is 2.32. The number of morpholine rings is 1. The van der Waals surface area contributed by atoms with Crippen LogP contribution in [-0.4, -0.2) is 67.5 Å². The summed E-state index contributed by atoms with van der Waals surface area (Å²) < 4.78 is 36.5. The van der Waals surface area contributed by atoms with Gasteiger partial charge in [0.2, 0.25) is 0 Å². The number of rotatable bonds is 12. The fraction of sp³-hybridized carbons (Fsp3) is 0.500. The van der Waals surface area contributed by atoms with Crippen LogP contribution in [0.25, 0.3) is 0 Å². The molecule has 0 aromatic heterocycles. The molecule has 0 saturated carbocycles. The van der Waals surface area contributed by atoms with Gasteiger partial charge >= 0.3 is 0 Å². The Morgan fingerprint density at radius 1 is 1.20 bits per heavy atom. The third-order valence-electron chi connectivity index (χ3n) is 5.62. The Balaban J connectivity index is 1.48. The second kappa shape index (κ2) is 12.7. The minimum atomic E-state index is -3.91. The van der Waals surface area contributed by atoms with Gasteiger partial charge in [-0.1, -0.05) is 59.6 Å².